The molecule has 2 N–H and O–H groups in total. The third-order valence-electron chi connectivity index (χ3n) is 4.78. The molecule has 1 aromatic carbocycles. The summed E-state index contributed by atoms with van der Waals surface area (Å²) in [6.07, 6.45) is 2.91. The molecule has 2 aliphatic rings. The highest BCUT2D eigenvalue weighted by molar-refractivity contribution is 6.30. The second-order valence-corrected chi connectivity index (χ2v) is 6.75. The molecule has 0 amide bonds. The highest BCUT2D eigenvalue weighted by Crippen LogP contribution is 2.33. The van der Waals surface area contributed by atoms with Crippen molar-refractivity contribution in [2.45, 2.75) is 44.8 Å². The lowest BCUT2D eigenvalue weighted by atomic mass is 9.85. The number of carboxylic acids is 1. The maximum absolute atomic E-state index is 10.9. The lowest BCUT2D eigenvalue weighted by molar-refractivity contribution is -0.139. The zero-order valence-corrected chi connectivity index (χ0v) is 14.1. The minimum atomic E-state index is -0.755. The van der Waals surface area contributed by atoms with Crippen LogP contribution in [0.5, 0.6) is 5.75 Å². The molecule has 126 valence electrons. The average molecular weight is 339 g/mol. The fourth-order valence-corrected chi connectivity index (χ4v) is 3.72. The highest BCUT2D eigenvalue weighted by atomic mass is 35.5. The van der Waals surface area contributed by atoms with Gasteiger partial charge in [-0.05, 0) is 37.1 Å². The van der Waals surface area contributed by atoms with Gasteiger partial charge in [0.25, 0.3) is 0 Å². The predicted molar refractivity (Wildman–Crippen MR) is 89.2 cm³/mol. The molecule has 0 radical (unpaired) electrons. The molecule has 1 aromatic rings. The Labute approximate surface area is 141 Å². The van der Waals surface area contributed by atoms with Crippen molar-refractivity contribution in [3.63, 3.8) is 0 Å². The van der Waals surface area contributed by atoms with E-state index < -0.39 is 5.97 Å². The van der Waals surface area contributed by atoms with Crippen molar-refractivity contribution in [2.75, 3.05) is 19.7 Å². The Bertz CT molecular complexity index is 587. The first-order valence-corrected chi connectivity index (χ1v) is 8.58. The van der Waals surface area contributed by atoms with Crippen molar-refractivity contribution in [3.8, 4) is 5.75 Å². The van der Waals surface area contributed by atoms with E-state index in [2.05, 4.69) is 5.32 Å². The number of fused-ring (bicyclic) bond motifs is 1. The first-order valence-electron chi connectivity index (χ1n) is 8.20. The maximum atomic E-state index is 10.9. The van der Waals surface area contributed by atoms with Crippen LogP contribution in [0.25, 0.3) is 0 Å². The molecule has 0 bridgehead atoms. The smallest absolute Gasteiger partial charge is 0.317 e. The van der Waals surface area contributed by atoms with E-state index in [1.807, 2.05) is 24.0 Å². The summed E-state index contributed by atoms with van der Waals surface area (Å²) >= 11 is 6.18. The van der Waals surface area contributed by atoms with Crippen molar-refractivity contribution in [2.24, 2.45) is 0 Å². The molecule has 0 saturated heterocycles. The number of ether oxygens (including phenoxy) is 1. The zero-order valence-electron chi connectivity index (χ0n) is 13.3. The van der Waals surface area contributed by atoms with E-state index in [1.165, 1.54) is 5.56 Å². The van der Waals surface area contributed by atoms with Crippen molar-refractivity contribution in [3.05, 3.63) is 28.3 Å². The summed E-state index contributed by atoms with van der Waals surface area (Å²) < 4.78 is 5.72. The second kappa shape index (κ2) is 7.07. The molecule has 23 heavy (non-hydrogen) atoms. The van der Waals surface area contributed by atoms with Gasteiger partial charge in [0.15, 0.2) is 0 Å². The van der Waals surface area contributed by atoms with Crippen LogP contribution in [-0.2, 0) is 17.8 Å². The van der Waals surface area contributed by atoms with Crippen molar-refractivity contribution >= 4 is 17.6 Å². The van der Waals surface area contributed by atoms with Gasteiger partial charge in [0, 0.05) is 35.6 Å². The van der Waals surface area contributed by atoms with Crippen LogP contribution in [0.2, 0.25) is 5.02 Å². The molecule has 0 spiro atoms. The molecule has 5 nitrogen and oxygen atoms in total. The summed E-state index contributed by atoms with van der Waals surface area (Å²) in [6, 6.07) is 4.75. The van der Waals surface area contributed by atoms with Crippen LogP contribution in [-0.4, -0.2) is 47.8 Å². The number of likely N-dealkylation sites (N-methyl/N-ethyl adjacent to an activating group) is 1. The van der Waals surface area contributed by atoms with Gasteiger partial charge in [-0.1, -0.05) is 18.5 Å². The summed E-state index contributed by atoms with van der Waals surface area (Å²) in [5, 5.41) is 13.2. The van der Waals surface area contributed by atoms with Crippen molar-refractivity contribution < 1.29 is 14.6 Å². The predicted octanol–water partition coefficient (Wildman–Crippen LogP) is 2.30. The molecule has 1 fully saturated rings. The number of benzene rings is 1. The highest BCUT2D eigenvalue weighted by Gasteiger charge is 2.33. The Morgan fingerprint density at radius 2 is 2.26 bits per heavy atom. The molecule has 0 aromatic heterocycles. The van der Waals surface area contributed by atoms with Crippen molar-refractivity contribution in [1.82, 2.24) is 10.2 Å². The largest absolute Gasteiger partial charge is 0.493 e. The first-order chi connectivity index (χ1) is 11.1. The molecular formula is C17H23ClN2O3. The number of carboxylic acid groups (broad SMARTS) is 1. The third kappa shape index (κ3) is 3.79. The van der Waals surface area contributed by atoms with Gasteiger partial charge in [0.2, 0.25) is 0 Å². The van der Waals surface area contributed by atoms with Gasteiger partial charge < -0.3 is 15.2 Å². The van der Waals surface area contributed by atoms with E-state index in [9.17, 15) is 4.79 Å². The lowest BCUT2D eigenvalue weighted by Gasteiger charge is -2.42. The van der Waals surface area contributed by atoms with E-state index in [-0.39, 0.29) is 6.54 Å². The Morgan fingerprint density at radius 3 is 2.96 bits per heavy atom. The number of rotatable bonds is 7. The van der Waals surface area contributed by atoms with E-state index >= 15 is 0 Å². The topological polar surface area (TPSA) is 61.8 Å². The Hall–Kier alpha value is -1.30. The fourth-order valence-electron chi connectivity index (χ4n) is 3.46. The average Bonchev–Trinajstić information content (AvgIpc) is 2.91. The third-order valence-corrected chi connectivity index (χ3v) is 5.00. The molecule has 1 saturated carbocycles. The Kier molecular flexibility index (Phi) is 5.09. The SMILES string of the molecule is CCN(CC(=O)O)C1CC(NCc2cc(Cl)cc3c2OCC3)C1. The summed E-state index contributed by atoms with van der Waals surface area (Å²) in [7, 11) is 0. The lowest BCUT2D eigenvalue weighted by Crippen LogP contribution is -2.53. The molecule has 6 heteroatoms. The monoisotopic (exact) mass is 338 g/mol. The zero-order chi connectivity index (χ0) is 16.4. The summed E-state index contributed by atoms with van der Waals surface area (Å²) in [5.74, 6) is 0.230. The summed E-state index contributed by atoms with van der Waals surface area (Å²) in [6.45, 7) is 4.39. The van der Waals surface area contributed by atoms with Gasteiger partial charge in [-0.2, -0.15) is 0 Å². The quantitative estimate of drug-likeness (QED) is 0.799. The number of nitrogens with zero attached hydrogens (tertiary/aromatic N) is 1. The molecule has 1 aliphatic heterocycles. The van der Waals surface area contributed by atoms with Crippen LogP contribution in [0.3, 0.4) is 0 Å². The van der Waals surface area contributed by atoms with Gasteiger partial charge >= 0.3 is 5.97 Å². The minimum absolute atomic E-state index is 0.129. The number of hydrogen-bond donors (Lipinski definition) is 2. The first kappa shape index (κ1) is 16.6. The standard InChI is InChI=1S/C17H23ClN2O3/c1-2-20(10-16(21)22)15-7-14(8-15)19-9-12-6-13(18)5-11-3-4-23-17(11)12/h5-6,14-15,19H,2-4,7-10H2,1H3,(H,21,22). The molecular weight excluding hydrogens is 316 g/mol. The number of hydrogen-bond acceptors (Lipinski definition) is 4. The van der Waals surface area contributed by atoms with E-state index in [4.69, 9.17) is 21.4 Å². The fraction of sp³-hybridized carbons (Fsp3) is 0.588. The molecule has 1 heterocycles. The van der Waals surface area contributed by atoms with Crippen LogP contribution in [0.15, 0.2) is 12.1 Å². The minimum Gasteiger partial charge on any atom is -0.493 e. The van der Waals surface area contributed by atoms with Crippen LogP contribution in [0.4, 0.5) is 0 Å². The number of carbonyl (C=O) groups is 1. The summed E-state index contributed by atoms with van der Waals surface area (Å²) in [5.41, 5.74) is 2.31. The number of aliphatic carboxylic acids is 1. The summed E-state index contributed by atoms with van der Waals surface area (Å²) in [4.78, 5) is 12.9. The molecule has 3 rings (SSSR count). The Balaban J connectivity index is 1.51. The van der Waals surface area contributed by atoms with Crippen LogP contribution in [0, 0.1) is 0 Å². The van der Waals surface area contributed by atoms with Gasteiger partial charge in [-0.3, -0.25) is 9.69 Å². The van der Waals surface area contributed by atoms with Crippen LogP contribution >= 0.6 is 11.6 Å². The molecule has 0 atom stereocenters. The van der Waals surface area contributed by atoms with E-state index in [0.717, 1.165) is 55.3 Å². The number of halogens is 1. The number of nitrogens with one attached hydrogen (secondary N) is 1. The Morgan fingerprint density at radius 1 is 1.48 bits per heavy atom. The van der Waals surface area contributed by atoms with Gasteiger partial charge in [-0.15, -0.1) is 0 Å². The molecule has 1 aliphatic carbocycles. The van der Waals surface area contributed by atoms with Crippen LogP contribution < -0.4 is 10.1 Å². The van der Waals surface area contributed by atoms with Gasteiger partial charge in [0.1, 0.15) is 5.75 Å². The van der Waals surface area contributed by atoms with Gasteiger partial charge in [-0.25, -0.2) is 0 Å². The van der Waals surface area contributed by atoms with Crippen LogP contribution in [0.1, 0.15) is 30.9 Å². The normalized spacial score (nSPS) is 22.6. The van der Waals surface area contributed by atoms with E-state index in [0.29, 0.717) is 12.1 Å². The molecule has 0 unspecified atom stereocenters. The van der Waals surface area contributed by atoms with Gasteiger partial charge in [0.05, 0.1) is 13.2 Å². The maximum Gasteiger partial charge on any atom is 0.317 e. The second-order valence-electron chi connectivity index (χ2n) is 6.31. The van der Waals surface area contributed by atoms with Crippen molar-refractivity contribution in [1.29, 1.82) is 0 Å². The van der Waals surface area contributed by atoms with E-state index in [1.54, 1.807) is 0 Å².